The zero-order valence-electron chi connectivity index (χ0n) is 17.6. The number of carboxylic acid groups (broad SMARTS) is 1. The van der Waals surface area contributed by atoms with Crippen LogP contribution >= 0.6 is 0 Å². The van der Waals surface area contributed by atoms with Crippen LogP contribution in [0.5, 0.6) is 0 Å². The first-order chi connectivity index (χ1) is 15.9. The van der Waals surface area contributed by atoms with Gasteiger partial charge in [-0.1, -0.05) is 24.3 Å². The Morgan fingerprint density at radius 2 is 1.97 bits per heavy atom. The van der Waals surface area contributed by atoms with Crippen LogP contribution in [0.25, 0.3) is 10.9 Å². The summed E-state index contributed by atoms with van der Waals surface area (Å²) >= 11 is 0. The highest BCUT2D eigenvalue weighted by atomic mass is 19.1. The Labute approximate surface area is 188 Å². The molecule has 0 fully saturated rings. The molecular weight excluding hydrogens is 423 g/mol. The molecule has 2 aromatic heterocycles. The molecule has 2 N–H and O–H groups in total. The summed E-state index contributed by atoms with van der Waals surface area (Å²) in [5.41, 5.74) is 2.43. The van der Waals surface area contributed by atoms with Gasteiger partial charge in [0.25, 0.3) is 5.91 Å². The molecule has 0 bridgehead atoms. The maximum absolute atomic E-state index is 13.8. The van der Waals surface area contributed by atoms with Crippen LogP contribution in [0.15, 0.2) is 67.0 Å². The van der Waals surface area contributed by atoms with E-state index in [-0.39, 0.29) is 23.4 Å². The summed E-state index contributed by atoms with van der Waals surface area (Å²) in [6.45, 7) is 1.94. The van der Waals surface area contributed by atoms with E-state index in [0.29, 0.717) is 22.0 Å². The maximum Gasteiger partial charge on any atom is 0.335 e. The number of amides is 1. The van der Waals surface area contributed by atoms with Crippen molar-refractivity contribution in [2.75, 3.05) is 0 Å². The zero-order valence-corrected chi connectivity index (χ0v) is 17.6. The number of rotatable bonds is 6. The minimum Gasteiger partial charge on any atom is -0.478 e. The third-order valence-electron chi connectivity index (χ3n) is 5.43. The number of aromatic carboxylic acids is 1. The number of nitrogens with one attached hydrogen (secondary N) is 1. The van der Waals surface area contributed by atoms with Crippen molar-refractivity contribution in [3.63, 3.8) is 0 Å². The molecule has 164 valence electrons. The third kappa shape index (κ3) is 4.29. The van der Waals surface area contributed by atoms with Crippen LogP contribution < -0.4 is 5.32 Å². The number of nitrogens with zero attached hydrogens (tertiary/aromatic N) is 3. The van der Waals surface area contributed by atoms with Crippen molar-refractivity contribution in [1.29, 1.82) is 5.26 Å². The van der Waals surface area contributed by atoms with Gasteiger partial charge in [-0.3, -0.25) is 9.78 Å². The van der Waals surface area contributed by atoms with Gasteiger partial charge in [0.2, 0.25) is 0 Å². The van der Waals surface area contributed by atoms with Gasteiger partial charge >= 0.3 is 5.97 Å². The van der Waals surface area contributed by atoms with Gasteiger partial charge in [-0.25, -0.2) is 9.18 Å². The molecule has 2 aromatic carbocycles. The molecule has 0 aliphatic carbocycles. The monoisotopic (exact) mass is 442 g/mol. The quantitative estimate of drug-likeness (QED) is 0.463. The summed E-state index contributed by atoms with van der Waals surface area (Å²) in [7, 11) is 0. The molecule has 1 atom stereocenters. The highest BCUT2D eigenvalue weighted by Gasteiger charge is 2.24. The lowest BCUT2D eigenvalue weighted by Gasteiger charge is -2.17. The SMILES string of the molecule is C[C@H](NC(=O)c1c(C#N)c2ccncc2n1Cc1cccc(F)c1)c1ccc(C(=O)O)cc1. The predicted molar refractivity (Wildman–Crippen MR) is 119 cm³/mol. The van der Waals surface area contributed by atoms with E-state index in [0.717, 1.165) is 0 Å². The minimum atomic E-state index is -1.03. The van der Waals surface area contributed by atoms with E-state index in [4.69, 9.17) is 5.11 Å². The standard InChI is InChI=1S/C25H19FN4O3/c1-15(17-5-7-18(8-6-17)25(32)33)29-24(31)23-21(12-27)20-9-10-28-13-22(20)30(23)14-16-3-2-4-19(26)11-16/h2-11,13,15H,14H2,1H3,(H,29,31)(H,32,33)/t15-/m0/s1. The number of hydrogen-bond donors (Lipinski definition) is 2. The number of aromatic nitrogens is 2. The number of carbonyl (C=O) groups excluding carboxylic acids is 1. The molecule has 0 spiro atoms. The number of halogens is 1. The smallest absolute Gasteiger partial charge is 0.335 e. The van der Waals surface area contributed by atoms with Crippen LogP contribution in [-0.4, -0.2) is 26.5 Å². The van der Waals surface area contributed by atoms with Crippen molar-refractivity contribution in [2.24, 2.45) is 0 Å². The van der Waals surface area contributed by atoms with Gasteiger partial charge in [0, 0.05) is 18.1 Å². The molecule has 1 amide bonds. The summed E-state index contributed by atoms with van der Waals surface area (Å²) < 4.78 is 15.4. The first kappa shape index (κ1) is 21.7. The van der Waals surface area contributed by atoms with Crippen LogP contribution in [0.2, 0.25) is 0 Å². The van der Waals surface area contributed by atoms with Gasteiger partial charge in [0.15, 0.2) is 0 Å². The lowest BCUT2D eigenvalue weighted by Crippen LogP contribution is -2.29. The average Bonchev–Trinajstić information content (AvgIpc) is 3.12. The first-order valence-electron chi connectivity index (χ1n) is 10.1. The second kappa shape index (κ2) is 8.93. The lowest BCUT2D eigenvalue weighted by molar-refractivity contribution is 0.0696. The van der Waals surface area contributed by atoms with Crippen LogP contribution in [0.1, 0.15) is 50.5 Å². The summed E-state index contributed by atoms with van der Waals surface area (Å²) in [5.74, 6) is -1.91. The Morgan fingerprint density at radius 3 is 2.64 bits per heavy atom. The molecule has 4 aromatic rings. The fourth-order valence-corrected chi connectivity index (χ4v) is 3.79. The molecule has 0 saturated carbocycles. The van der Waals surface area contributed by atoms with Gasteiger partial charge in [0.1, 0.15) is 17.6 Å². The molecule has 0 saturated heterocycles. The molecule has 0 aliphatic heterocycles. The largest absolute Gasteiger partial charge is 0.478 e. The van der Waals surface area contributed by atoms with Crippen LogP contribution in [-0.2, 0) is 6.54 Å². The van der Waals surface area contributed by atoms with Gasteiger partial charge < -0.3 is 15.0 Å². The van der Waals surface area contributed by atoms with E-state index in [1.54, 1.807) is 54.2 Å². The fraction of sp³-hybridized carbons (Fsp3) is 0.120. The summed E-state index contributed by atoms with van der Waals surface area (Å²) in [5, 5.41) is 22.4. The van der Waals surface area contributed by atoms with Crippen LogP contribution in [0.3, 0.4) is 0 Å². The van der Waals surface area contributed by atoms with E-state index < -0.39 is 23.7 Å². The number of pyridine rings is 1. The molecule has 0 aliphatic rings. The lowest BCUT2D eigenvalue weighted by atomic mass is 10.1. The summed E-state index contributed by atoms with van der Waals surface area (Å²) in [6, 6.07) is 15.6. The first-order valence-corrected chi connectivity index (χ1v) is 10.1. The van der Waals surface area contributed by atoms with E-state index in [1.165, 1.54) is 24.3 Å². The van der Waals surface area contributed by atoms with Gasteiger partial charge in [-0.15, -0.1) is 0 Å². The highest BCUT2D eigenvalue weighted by Crippen LogP contribution is 2.27. The molecule has 4 rings (SSSR count). The maximum atomic E-state index is 13.8. The van der Waals surface area contributed by atoms with Crippen molar-refractivity contribution in [2.45, 2.75) is 19.5 Å². The van der Waals surface area contributed by atoms with Gasteiger partial charge in [-0.05, 0) is 48.4 Å². The van der Waals surface area contributed by atoms with Crippen molar-refractivity contribution >= 4 is 22.8 Å². The van der Waals surface area contributed by atoms with Crippen LogP contribution in [0.4, 0.5) is 4.39 Å². The summed E-state index contributed by atoms with van der Waals surface area (Å²) in [4.78, 5) is 28.6. The number of fused-ring (bicyclic) bond motifs is 1. The Balaban J connectivity index is 1.73. The van der Waals surface area contributed by atoms with E-state index >= 15 is 0 Å². The van der Waals surface area contributed by atoms with Crippen molar-refractivity contribution in [3.8, 4) is 6.07 Å². The summed E-state index contributed by atoms with van der Waals surface area (Å²) in [6.07, 6.45) is 3.12. The molecule has 33 heavy (non-hydrogen) atoms. The number of carbonyl (C=O) groups is 2. The van der Waals surface area contributed by atoms with Gasteiger partial charge in [-0.2, -0.15) is 5.26 Å². The zero-order chi connectivity index (χ0) is 23.5. The number of nitriles is 1. The van der Waals surface area contributed by atoms with E-state index in [1.807, 2.05) is 0 Å². The molecular formula is C25H19FN4O3. The number of benzene rings is 2. The Morgan fingerprint density at radius 1 is 1.21 bits per heavy atom. The van der Waals surface area contributed by atoms with Crippen molar-refractivity contribution < 1.29 is 19.1 Å². The third-order valence-corrected chi connectivity index (χ3v) is 5.43. The van der Waals surface area contributed by atoms with Gasteiger partial charge in [0.05, 0.1) is 28.9 Å². The normalized spacial score (nSPS) is 11.7. The molecule has 0 unspecified atom stereocenters. The average molecular weight is 442 g/mol. The number of hydrogen-bond acceptors (Lipinski definition) is 4. The van der Waals surface area contributed by atoms with E-state index in [2.05, 4.69) is 16.4 Å². The minimum absolute atomic E-state index is 0.145. The van der Waals surface area contributed by atoms with Crippen molar-refractivity contribution in [3.05, 3.63) is 101 Å². The van der Waals surface area contributed by atoms with E-state index in [9.17, 15) is 19.2 Å². The Bertz CT molecular complexity index is 1400. The predicted octanol–water partition coefficient (Wildman–Crippen LogP) is 4.28. The second-order valence-electron chi connectivity index (χ2n) is 7.57. The molecule has 0 radical (unpaired) electrons. The van der Waals surface area contributed by atoms with Crippen molar-refractivity contribution in [1.82, 2.24) is 14.9 Å². The second-order valence-corrected chi connectivity index (χ2v) is 7.57. The fourth-order valence-electron chi connectivity index (χ4n) is 3.79. The van der Waals surface area contributed by atoms with Crippen LogP contribution in [0, 0.1) is 17.1 Å². The Kier molecular flexibility index (Phi) is 5.87. The molecule has 7 nitrogen and oxygen atoms in total. The highest BCUT2D eigenvalue weighted by molar-refractivity contribution is 6.03. The topological polar surface area (TPSA) is 108 Å². The Hall–Kier alpha value is -4.51. The molecule has 2 heterocycles. The molecule has 8 heteroatoms. The number of carboxylic acids is 1.